The van der Waals surface area contributed by atoms with Gasteiger partial charge in [0, 0.05) is 11.6 Å². The molecular weight excluding hydrogens is 376 g/mol. The Balaban J connectivity index is 1.72. The van der Waals surface area contributed by atoms with Gasteiger partial charge in [-0.3, -0.25) is 9.59 Å². The molecule has 1 saturated carbocycles. The first-order chi connectivity index (χ1) is 13.6. The molecule has 0 saturated heterocycles. The van der Waals surface area contributed by atoms with Gasteiger partial charge in [-0.15, -0.1) is 0 Å². The molecule has 2 amide bonds. The van der Waals surface area contributed by atoms with E-state index in [1.54, 1.807) is 42.5 Å². The number of para-hydroxylation sites is 1. The molecule has 0 heterocycles. The summed E-state index contributed by atoms with van der Waals surface area (Å²) in [6.45, 7) is 2.36. The lowest BCUT2D eigenvalue weighted by Gasteiger charge is -2.23. The van der Waals surface area contributed by atoms with Crippen LogP contribution in [0.3, 0.4) is 0 Å². The van der Waals surface area contributed by atoms with Crippen LogP contribution in [0.1, 0.15) is 59.7 Å². The van der Waals surface area contributed by atoms with E-state index in [4.69, 9.17) is 16.3 Å². The molecule has 6 heteroatoms. The molecule has 148 valence electrons. The number of halogens is 1. The second-order valence-electron chi connectivity index (χ2n) is 6.89. The zero-order chi connectivity index (χ0) is 19.9. The van der Waals surface area contributed by atoms with Gasteiger partial charge in [-0.25, -0.2) is 0 Å². The maximum Gasteiger partial charge on any atom is 0.255 e. The van der Waals surface area contributed by atoms with Gasteiger partial charge in [-0.1, -0.05) is 43.0 Å². The number of hydrogen-bond donors (Lipinski definition) is 2. The Morgan fingerprint density at radius 2 is 1.82 bits per heavy atom. The third-order valence-electron chi connectivity index (χ3n) is 4.85. The van der Waals surface area contributed by atoms with Crippen molar-refractivity contribution in [3.63, 3.8) is 0 Å². The number of anilines is 1. The fourth-order valence-corrected chi connectivity index (χ4v) is 3.64. The van der Waals surface area contributed by atoms with Gasteiger partial charge in [-0.2, -0.15) is 0 Å². The van der Waals surface area contributed by atoms with E-state index in [-0.39, 0.29) is 17.9 Å². The van der Waals surface area contributed by atoms with E-state index >= 15 is 0 Å². The molecule has 1 aliphatic carbocycles. The number of rotatable bonds is 6. The van der Waals surface area contributed by atoms with Gasteiger partial charge in [0.1, 0.15) is 5.75 Å². The van der Waals surface area contributed by atoms with Crippen molar-refractivity contribution in [2.75, 3.05) is 11.9 Å². The predicted octanol–water partition coefficient (Wildman–Crippen LogP) is 5.05. The average molecular weight is 401 g/mol. The van der Waals surface area contributed by atoms with Crippen LogP contribution in [0.5, 0.6) is 5.75 Å². The lowest BCUT2D eigenvalue weighted by atomic mass is 9.95. The summed E-state index contributed by atoms with van der Waals surface area (Å²) in [6, 6.07) is 12.1. The third kappa shape index (κ3) is 5.04. The van der Waals surface area contributed by atoms with Crippen LogP contribution in [0.2, 0.25) is 5.02 Å². The van der Waals surface area contributed by atoms with Crippen LogP contribution in [0.4, 0.5) is 5.69 Å². The van der Waals surface area contributed by atoms with E-state index in [1.807, 2.05) is 6.92 Å². The molecule has 1 fully saturated rings. The van der Waals surface area contributed by atoms with E-state index in [2.05, 4.69) is 10.6 Å². The summed E-state index contributed by atoms with van der Waals surface area (Å²) >= 11 is 6.18. The van der Waals surface area contributed by atoms with E-state index in [0.29, 0.717) is 34.2 Å². The monoisotopic (exact) mass is 400 g/mol. The molecule has 0 aliphatic heterocycles. The van der Waals surface area contributed by atoms with Gasteiger partial charge in [0.25, 0.3) is 11.8 Å². The van der Waals surface area contributed by atoms with Crippen molar-refractivity contribution >= 4 is 29.1 Å². The van der Waals surface area contributed by atoms with Crippen LogP contribution in [0.25, 0.3) is 0 Å². The number of benzene rings is 2. The molecular formula is C22H25ClN2O3. The molecule has 0 aromatic heterocycles. The molecule has 2 N–H and O–H groups in total. The van der Waals surface area contributed by atoms with Crippen molar-refractivity contribution in [2.24, 2.45) is 0 Å². The largest absolute Gasteiger partial charge is 0.492 e. The molecule has 28 heavy (non-hydrogen) atoms. The number of carbonyl (C=O) groups is 2. The fraction of sp³-hybridized carbons (Fsp3) is 0.364. The van der Waals surface area contributed by atoms with E-state index in [1.165, 1.54) is 6.42 Å². The smallest absolute Gasteiger partial charge is 0.255 e. The molecule has 2 aromatic rings. The predicted molar refractivity (Wildman–Crippen MR) is 111 cm³/mol. The average Bonchev–Trinajstić information content (AvgIpc) is 2.70. The quantitative estimate of drug-likeness (QED) is 0.712. The maximum atomic E-state index is 12.7. The van der Waals surface area contributed by atoms with Gasteiger partial charge < -0.3 is 15.4 Å². The van der Waals surface area contributed by atoms with Crippen LogP contribution in [-0.4, -0.2) is 24.5 Å². The maximum absolute atomic E-state index is 12.7. The Bertz CT molecular complexity index is 847. The minimum atomic E-state index is -0.331. The first kappa shape index (κ1) is 20.2. The van der Waals surface area contributed by atoms with E-state index in [9.17, 15) is 9.59 Å². The lowest BCUT2D eigenvalue weighted by molar-refractivity contribution is 0.0928. The van der Waals surface area contributed by atoms with Crippen molar-refractivity contribution in [3.05, 3.63) is 58.6 Å². The van der Waals surface area contributed by atoms with Crippen LogP contribution in [0, 0.1) is 0 Å². The van der Waals surface area contributed by atoms with Crippen LogP contribution in [0.15, 0.2) is 42.5 Å². The van der Waals surface area contributed by atoms with Crippen LogP contribution in [-0.2, 0) is 0 Å². The first-order valence-electron chi connectivity index (χ1n) is 9.72. The lowest BCUT2D eigenvalue weighted by Crippen LogP contribution is -2.36. The summed E-state index contributed by atoms with van der Waals surface area (Å²) in [5.74, 6) is 0.0448. The number of nitrogens with one attached hydrogen (secondary N) is 2. The highest BCUT2D eigenvalue weighted by atomic mass is 35.5. The highest BCUT2D eigenvalue weighted by Gasteiger charge is 2.19. The second-order valence-corrected chi connectivity index (χ2v) is 7.29. The van der Waals surface area contributed by atoms with Gasteiger partial charge in [0.2, 0.25) is 0 Å². The molecule has 0 unspecified atom stereocenters. The third-order valence-corrected chi connectivity index (χ3v) is 5.15. The first-order valence-corrected chi connectivity index (χ1v) is 10.1. The van der Waals surface area contributed by atoms with E-state index in [0.717, 1.165) is 25.7 Å². The van der Waals surface area contributed by atoms with Crippen molar-refractivity contribution in [2.45, 2.75) is 45.1 Å². The summed E-state index contributed by atoms with van der Waals surface area (Å²) in [5, 5.41) is 6.29. The van der Waals surface area contributed by atoms with Crippen LogP contribution >= 0.6 is 11.6 Å². The number of ether oxygens (including phenoxy) is 1. The van der Waals surface area contributed by atoms with Gasteiger partial charge in [0.15, 0.2) is 0 Å². The topological polar surface area (TPSA) is 67.4 Å². The molecule has 3 rings (SSSR count). The Hall–Kier alpha value is -2.53. The molecule has 5 nitrogen and oxygen atoms in total. The number of hydrogen-bond acceptors (Lipinski definition) is 3. The van der Waals surface area contributed by atoms with E-state index < -0.39 is 0 Å². The molecule has 2 aromatic carbocycles. The molecule has 0 radical (unpaired) electrons. The second kappa shape index (κ2) is 9.60. The molecule has 0 spiro atoms. The SMILES string of the molecule is CCOc1ccc(C(=O)Nc2ccccc2C(=O)NC2CCCCC2)cc1Cl. The van der Waals surface area contributed by atoms with Crippen molar-refractivity contribution in [3.8, 4) is 5.75 Å². The summed E-state index contributed by atoms with van der Waals surface area (Å²) in [7, 11) is 0. The summed E-state index contributed by atoms with van der Waals surface area (Å²) in [6.07, 6.45) is 5.52. The summed E-state index contributed by atoms with van der Waals surface area (Å²) in [5.41, 5.74) is 1.33. The standard InChI is InChI=1S/C22H25ClN2O3/c1-2-28-20-13-12-15(14-18(20)23)21(26)25-19-11-7-6-10-17(19)22(27)24-16-8-4-3-5-9-16/h6-7,10-14,16H,2-5,8-9H2,1H3,(H,24,27)(H,25,26). The molecule has 1 aliphatic rings. The normalized spacial score (nSPS) is 14.4. The highest BCUT2D eigenvalue weighted by Crippen LogP contribution is 2.26. The number of carbonyl (C=O) groups excluding carboxylic acids is 2. The Kier molecular flexibility index (Phi) is 6.93. The highest BCUT2D eigenvalue weighted by molar-refractivity contribution is 6.32. The van der Waals surface area contributed by atoms with Gasteiger partial charge >= 0.3 is 0 Å². The number of amides is 2. The zero-order valence-corrected chi connectivity index (χ0v) is 16.7. The van der Waals surface area contributed by atoms with Gasteiger partial charge in [-0.05, 0) is 50.1 Å². The van der Waals surface area contributed by atoms with Crippen LogP contribution < -0.4 is 15.4 Å². The van der Waals surface area contributed by atoms with Crippen molar-refractivity contribution < 1.29 is 14.3 Å². The zero-order valence-electron chi connectivity index (χ0n) is 16.0. The summed E-state index contributed by atoms with van der Waals surface area (Å²) in [4.78, 5) is 25.4. The molecule has 0 bridgehead atoms. The minimum Gasteiger partial charge on any atom is -0.492 e. The minimum absolute atomic E-state index is 0.160. The Morgan fingerprint density at radius 3 is 2.54 bits per heavy atom. The summed E-state index contributed by atoms with van der Waals surface area (Å²) < 4.78 is 5.40. The van der Waals surface area contributed by atoms with Crippen molar-refractivity contribution in [1.82, 2.24) is 5.32 Å². The Morgan fingerprint density at radius 1 is 1.07 bits per heavy atom. The van der Waals surface area contributed by atoms with Crippen molar-refractivity contribution in [1.29, 1.82) is 0 Å². The fourth-order valence-electron chi connectivity index (χ4n) is 3.41. The Labute approximate surface area is 170 Å². The molecule has 0 atom stereocenters. The van der Waals surface area contributed by atoms with Gasteiger partial charge in [0.05, 0.1) is 22.9 Å².